The number of rotatable bonds is 18. The summed E-state index contributed by atoms with van der Waals surface area (Å²) in [6.07, 6.45) is -0.206. The van der Waals surface area contributed by atoms with Crippen molar-refractivity contribution in [2.45, 2.75) is 44.4 Å². The summed E-state index contributed by atoms with van der Waals surface area (Å²) in [6.45, 7) is 1.18. The summed E-state index contributed by atoms with van der Waals surface area (Å²) in [5, 5.41) is 21.8. The largest absolute Gasteiger partial charge is 0.491 e. The third kappa shape index (κ3) is 11.8. The molecule has 2 rings (SSSR count). The van der Waals surface area contributed by atoms with Crippen LogP contribution in [0.4, 0.5) is 0 Å². The predicted octanol–water partition coefficient (Wildman–Crippen LogP) is -0.196. The van der Waals surface area contributed by atoms with Crippen LogP contribution in [0, 0.1) is 0 Å². The Morgan fingerprint density at radius 1 is 1.18 bits per heavy atom. The Morgan fingerprint density at radius 2 is 1.98 bits per heavy atom. The minimum Gasteiger partial charge on any atom is -0.491 e. The van der Waals surface area contributed by atoms with Gasteiger partial charge in [0.1, 0.15) is 31.0 Å². The molecule has 14 heteroatoms. The molecule has 220 valence electrons. The molecule has 3 N–H and O–H groups in total. The second-order valence-electron chi connectivity index (χ2n) is 8.63. The molecule has 1 aromatic rings. The smallest absolute Gasteiger partial charge is 0.333 e. The number of allylic oxidation sites excluding steroid dienone is 1. The second kappa shape index (κ2) is 17.6. The molecule has 1 saturated heterocycles. The van der Waals surface area contributed by atoms with Crippen molar-refractivity contribution in [2.75, 3.05) is 40.0 Å². The Labute approximate surface area is 230 Å². The highest BCUT2D eigenvalue weighted by molar-refractivity contribution is 5.91. The summed E-state index contributed by atoms with van der Waals surface area (Å²) in [5.41, 5.74) is 0.546. The Kier molecular flexibility index (Phi) is 14.1. The normalized spacial score (nSPS) is 18.5. The highest BCUT2D eigenvalue weighted by Gasteiger charge is 2.34. The van der Waals surface area contributed by atoms with Crippen LogP contribution in [-0.4, -0.2) is 104 Å². The maximum absolute atomic E-state index is 11.9. The lowest BCUT2D eigenvalue weighted by Gasteiger charge is -2.31. The number of carboxylic acid groups (broad SMARTS) is 1. The van der Waals surface area contributed by atoms with Gasteiger partial charge in [0.25, 0.3) is 6.47 Å². The Bertz CT molecular complexity index is 1030. The molecule has 3 atom stereocenters. The van der Waals surface area contributed by atoms with Crippen molar-refractivity contribution in [3.8, 4) is 11.5 Å². The summed E-state index contributed by atoms with van der Waals surface area (Å²) < 4.78 is 27.1. The minimum absolute atomic E-state index is 0.0329. The van der Waals surface area contributed by atoms with E-state index in [0.29, 0.717) is 29.8 Å². The first kappa shape index (κ1) is 32.2. The predicted molar refractivity (Wildman–Crippen MR) is 136 cm³/mol. The van der Waals surface area contributed by atoms with Gasteiger partial charge in [-0.25, -0.2) is 4.79 Å². The van der Waals surface area contributed by atoms with Gasteiger partial charge in [0.2, 0.25) is 18.1 Å². The second-order valence-corrected chi connectivity index (χ2v) is 8.63. The van der Waals surface area contributed by atoms with Crippen LogP contribution < -0.4 is 14.8 Å². The van der Waals surface area contributed by atoms with Crippen LogP contribution in [-0.2, 0) is 44.8 Å². The van der Waals surface area contributed by atoms with Gasteiger partial charge in [0.05, 0.1) is 19.3 Å². The van der Waals surface area contributed by atoms with E-state index in [9.17, 15) is 34.2 Å². The van der Waals surface area contributed by atoms with Gasteiger partial charge in [0, 0.05) is 57.1 Å². The van der Waals surface area contributed by atoms with Gasteiger partial charge >= 0.3 is 5.97 Å². The maximum Gasteiger partial charge on any atom is 0.333 e. The van der Waals surface area contributed by atoms with Crippen molar-refractivity contribution in [3.63, 3.8) is 0 Å². The van der Waals surface area contributed by atoms with Crippen LogP contribution in [0.3, 0.4) is 0 Å². The zero-order valence-electron chi connectivity index (χ0n) is 22.1. The molecule has 0 bridgehead atoms. The van der Waals surface area contributed by atoms with Crippen molar-refractivity contribution in [1.82, 2.24) is 10.2 Å². The average molecular weight is 567 g/mol. The van der Waals surface area contributed by atoms with Crippen LogP contribution in [0.2, 0.25) is 0 Å². The molecule has 1 fully saturated rings. The van der Waals surface area contributed by atoms with Crippen LogP contribution in [0.5, 0.6) is 11.5 Å². The number of aliphatic hydroxyl groups excluding tert-OH is 1. The molecule has 1 aliphatic rings. The number of benzene rings is 1. The monoisotopic (exact) mass is 566 g/mol. The number of aliphatic carboxylic acids is 1. The molecule has 0 aromatic heterocycles. The molecule has 0 aliphatic carbocycles. The van der Waals surface area contributed by atoms with E-state index in [1.54, 1.807) is 12.1 Å². The number of hydrogen-bond acceptors (Lipinski definition) is 11. The molecule has 2 amide bonds. The van der Waals surface area contributed by atoms with Crippen molar-refractivity contribution in [3.05, 3.63) is 35.9 Å². The molecule has 0 radical (unpaired) electrons. The van der Waals surface area contributed by atoms with Crippen molar-refractivity contribution in [2.24, 2.45) is 0 Å². The average Bonchev–Trinajstić information content (AvgIpc) is 2.93. The molecular weight excluding hydrogens is 532 g/mol. The van der Waals surface area contributed by atoms with Crippen molar-refractivity contribution in [1.29, 1.82) is 0 Å². The number of ether oxygens (including phenoxy) is 5. The van der Waals surface area contributed by atoms with E-state index in [0.717, 1.165) is 12.2 Å². The fourth-order valence-electron chi connectivity index (χ4n) is 3.52. The van der Waals surface area contributed by atoms with E-state index >= 15 is 0 Å². The summed E-state index contributed by atoms with van der Waals surface area (Å²) in [4.78, 5) is 57.0. The first-order chi connectivity index (χ1) is 19.2. The topological polar surface area (TPSA) is 187 Å². The number of aldehydes is 1. The number of carboxylic acids is 1. The van der Waals surface area contributed by atoms with Crippen LogP contribution >= 0.6 is 0 Å². The SMILES string of the molecule is CN(CCC(=O)NCCOCCOc1cc(OC2C[C@@H](O)CC(C(=O)O)O2)ccc1COC=O)C(=O)/C=C\C=O. The molecule has 0 spiro atoms. The fourth-order valence-corrected chi connectivity index (χ4v) is 3.52. The summed E-state index contributed by atoms with van der Waals surface area (Å²) in [6, 6.07) is 4.72. The highest BCUT2D eigenvalue weighted by atomic mass is 16.7. The van der Waals surface area contributed by atoms with Gasteiger partial charge in [0.15, 0.2) is 6.10 Å². The lowest BCUT2D eigenvalue weighted by molar-refractivity contribution is -0.195. The van der Waals surface area contributed by atoms with Gasteiger partial charge in [-0.15, -0.1) is 0 Å². The van der Waals surface area contributed by atoms with Crippen molar-refractivity contribution < 1.29 is 57.9 Å². The standard InChI is InChI=1S/C26H34N2O12/c1-28(24(33)3-2-9-29)8-6-23(32)27-7-10-36-11-12-38-21-15-20(5-4-18(21)16-37-17-30)39-25-14-19(31)13-22(40-25)26(34)35/h2-5,9,15,17,19,22,25,31H,6-8,10-14,16H2,1H3,(H,27,32)(H,34,35)/b3-2-/t19-,22?,25?/m0/s1. The number of carbonyl (C=O) groups excluding carboxylic acids is 4. The summed E-state index contributed by atoms with van der Waals surface area (Å²) in [7, 11) is 1.52. The lowest BCUT2D eigenvalue weighted by Crippen LogP contribution is -2.42. The summed E-state index contributed by atoms with van der Waals surface area (Å²) >= 11 is 0. The third-order valence-corrected chi connectivity index (χ3v) is 5.58. The van der Waals surface area contributed by atoms with E-state index in [4.69, 9.17) is 23.7 Å². The zero-order chi connectivity index (χ0) is 29.3. The molecule has 1 heterocycles. The lowest BCUT2D eigenvalue weighted by atomic mass is 10.1. The third-order valence-electron chi connectivity index (χ3n) is 5.58. The molecular formula is C26H34N2O12. The Hall–Kier alpha value is -4.01. The van der Waals surface area contributed by atoms with E-state index < -0.39 is 24.5 Å². The number of amides is 2. The first-order valence-electron chi connectivity index (χ1n) is 12.5. The molecule has 14 nitrogen and oxygen atoms in total. The Balaban J connectivity index is 1.76. The fraction of sp³-hybridized carbons (Fsp3) is 0.500. The van der Waals surface area contributed by atoms with Gasteiger partial charge in [-0.2, -0.15) is 0 Å². The Morgan fingerprint density at radius 3 is 2.70 bits per heavy atom. The number of nitrogens with zero attached hydrogens (tertiary/aromatic N) is 1. The number of hydrogen-bond donors (Lipinski definition) is 3. The first-order valence-corrected chi connectivity index (χ1v) is 12.5. The molecule has 2 unspecified atom stereocenters. The maximum atomic E-state index is 11.9. The van der Waals surface area contributed by atoms with Gasteiger partial charge in [-0.1, -0.05) is 0 Å². The number of likely N-dealkylation sites (N-methyl/N-ethyl adjacent to an activating group) is 1. The van der Waals surface area contributed by atoms with Gasteiger partial charge in [-0.3, -0.25) is 19.2 Å². The molecule has 1 aliphatic heterocycles. The number of aliphatic hydroxyl groups is 1. The van der Waals surface area contributed by atoms with Gasteiger partial charge in [-0.05, 0) is 18.2 Å². The minimum atomic E-state index is -1.19. The van der Waals surface area contributed by atoms with Crippen LogP contribution in [0.15, 0.2) is 30.4 Å². The quantitative estimate of drug-likeness (QED) is 0.121. The van der Waals surface area contributed by atoms with Crippen LogP contribution in [0.25, 0.3) is 0 Å². The molecule has 1 aromatic carbocycles. The number of nitrogens with one attached hydrogen (secondary N) is 1. The van der Waals surface area contributed by atoms with E-state index in [1.165, 1.54) is 18.0 Å². The number of carbonyl (C=O) groups is 5. The van der Waals surface area contributed by atoms with Crippen molar-refractivity contribution >= 4 is 30.5 Å². The molecule has 40 heavy (non-hydrogen) atoms. The van der Waals surface area contributed by atoms with Gasteiger partial charge < -0.3 is 44.1 Å². The van der Waals surface area contributed by atoms with Crippen LogP contribution in [0.1, 0.15) is 24.8 Å². The zero-order valence-corrected chi connectivity index (χ0v) is 22.1. The van der Waals surface area contributed by atoms with E-state index in [1.807, 2.05) is 0 Å². The van der Waals surface area contributed by atoms with E-state index in [2.05, 4.69) is 5.32 Å². The molecule has 0 saturated carbocycles. The van der Waals surface area contributed by atoms with E-state index in [-0.39, 0.29) is 70.6 Å². The highest BCUT2D eigenvalue weighted by Crippen LogP contribution is 2.29. The summed E-state index contributed by atoms with van der Waals surface area (Å²) in [5.74, 6) is -1.21.